The Balaban J connectivity index is 1.43. The average molecular weight is 466 g/mol. The summed E-state index contributed by atoms with van der Waals surface area (Å²) in [4.78, 5) is 31.0. The van der Waals surface area contributed by atoms with Crippen molar-refractivity contribution in [3.63, 3.8) is 0 Å². The lowest BCUT2D eigenvalue weighted by Gasteiger charge is -2.48. The second-order valence-corrected chi connectivity index (χ2v) is 9.97. The van der Waals surface area contributed by atoms with Crippen molar-refractivity contribution < 1.29 is 19.1 Å². The quantitative estimate of drug-likeness (QED) is 0.642. The molecular weight excluding hydrogens is 430 g/mol. The van der Waals surface area contributed by atoms with E-state index < -0.39 is 5.60 Å². The monoisotopic (exact) mass is 465 g/mol. The number of halogens is 1. The molecule has 32 heavy (non-hydrogen) atoms. The van der Waals surface area contributed by atoms with E-state index in [4.69, 9.17) is 21.1 Å². The molecule has 0 unspecified atom stereocenters. The van der Waals surface area contributed by atoms with Gasteiger partial charge in [0.15, 0.2) is 0 Å². The summed E-state index contributed by atoms with van der Waals surface area (Å²) in [6.07, 6.45) is 1.70. The topological polar surface area (TPSA) is 62.3 Å². The zero-order valence-corrected chi connectivity index (χ0v) is 20.7. The number of nitrogens with zero attached hydrogens (tertiary/aromatic N) is 3. The Bertz CT molecular complexity index is 825. The summed E-state index contributed by atoms with van der Waals surface area (Å²) in [5, 5.41) is 0.705. The Kier molecular flexibility index (Phi) is 7.93. The lowest BCUT2D eigenvalue weighted by atomic mass is 10.0. The Labute approximate surface area is 196 Å². The highest BCUT2D eigenvalue weighted by Gasteiger charge is 2.38. The van der Waals surface area contributed by atoms with Crippen LogP contribution in [-0.4, -0.2) is 84.7 Å². The maximum absolute atomic E-state index is 12.8. The molecule has 0 radical (unpaired) electrons. The third-order valence-electron chi connectivity index (χ3n) is 6.14. The first-order valence-corrected chi connectivity index (χ1v) is 11.8. The molecule has 2 aliphatic rings. The first-order chi connectivity index (χ1) is 15.1. The highest BCUT2D eigenvalue weighted by atomic mass is 35.5. The van der Waals surface area contributed by atoms with Crippen LogP contribution in [-0.2, 0) is 22.4 Å². The number of ether oxygens (including phenoxy) is 2. The molecule has 0 saturated carbocycles. The SMILES string of the molecule is CCc1cc(CCC(=O)N2CCN(C3CN(C(=O)OC(C)(C)C)C3)CC2)c(OC)cc1Cl. The van der Waals surface area contributed by atoms with Gasteiger partial charge in [0.2, 0.25) is 5.91 Å². The molecule has 8 heteroatoms. The van der Waals surface area contributed by atoms with E-state index in [9.17, 15) is 9.59 Å². The fourth-order valence-electron chi connectivity index (χ4n) is 4.21. The molecule has 2 saturated heterocycles. The molecule has 0 aromatic heterocycles. The van der Waals surface area contributed by atoms with Crippen LogP contribution in [0.1, 0.15) is 45.2 Å². The first-order valence-electron chi connectivity index (χ1n) is 11.5. The van der Waals surface area contributed by atoms with Crippen LogP contribution in [0.4, 0.5) is 4.79 Å². The molecule has 2 aliphatic heterocycles. The van der Waals surface area contributed by atoms with Crippen molar-refractivity contribution in [2.45, 2.75) is 58.6 Å². The molecule has 2 fully saturated rings. The van der Waals surface area contributed by atoms with Crippen LogP contribution >= 0.6 is 11.6 Å². The first kappa shape index (κ1) is 24.6. The van der Waals surface area contributed by atoms with Gasteiger partial charge < -0.3 is 19.3 Å². The molecular formula is C24H36ClN3O4. The minimum atomic E-state index is -0.470. The van der Waals surface area contributed by atoms with Crippen molar-refractivity contribution in [2.24, 2.45) is 0 Å². The zero-order valence-electron chi connectivity index (χ0n) is 19.9. The van der Waals surface area contributed by atoms with Crippen molar-refractivity contribution in [2.75, 3.05) is 46.4 Å². The Morgan fingerprint density at radius 1 is 1.06 bits per heavy atom. The van der Waals surface area contributed by atoms with Crippen molar-refractivity contribution in [1.29, 1.82) is 0 Å². The van der Waals surface area contributed by atoms with E-state index in [-0.39, 0.29) is 12.0 Å². The van der Waals surface area contributed by atoms with Crippen LogP contribution in [0.5, 0.6) is 5.75 Å². The van der Waals surface area contributed by atoms with Gasteiger partial charge in [0, 0.05) is 56.8 Å². The molecule has 2 heterocycles. The number of benzene rings is 1. The molecule has 0 bridgehead atoms. The largest absolute Gasteiger partial charge is 0.496 e. The van der Waals surface area contributed by atoms with E-state index in [2.05, 4.69) is 17.9 Å². The molecule has 1 aromatic carbocycles. The second kappa shape index (κ2) is 10.3. The lowest BCUT2D eigenvalue weighted by molar-refractivity contribution is -0.133. The third-order valence-corrected chi connectivity index (χ3v) is 6.49. The molecule has 0 spiro atoms. The number of likely N-dealkylation sites (tertiary alicyclic amines) is 1. The van der Waals surface area contributed by atoms with Gasteiger partial charge in [0.1, 0.15) is 11.4 Å². The predicted molar refractivity (Wildman–Crippen MR) is 125 cm³/mol. The number of rotatable bonds is 6. The summed E-state index contributed by atoms with van der Waals surface area (Å²) < 4.78 is 10.9. The van der Waals surface area contributed by atoms with Gasteiger partial charge >= 0.3 is 6.09 Å². The smallest absolute Gasteiger partial charge is 0.410 e. The predicted octanol–water partition coefficient (Wildman–Crippen LogP) is 3.61. The summed E-state index contributed by atoms with van der Waals surface area (Å²) in [5.74, 6) is 0.910. The maximum Gasteiger partial charge on any atom is 0.410 e. The summed E-state index contributed by atoms with van der Waals surface area (Å²) in [7, 11) is 1.63. The van der Waals surface area contributed by atoms with E-state index in [0.29, 0.717) is 37.0 Å². The number of piperazine rings is 1. The van der Waals surface area contributed by atoms with E-state index in [1.807, 2.05) is 31.7 Å². The molecule has 2 amide bonds. The van der Waals surface area contributed by atoms with Gasteiger partial charge in [-0.3, -0.25) is 9.69 Å². The van der Waals surface area contributed by atoms with Gasteiger partial charge in [-0.2, -0.15) is 0 Å². The highest BCUT2D eigenvalue weighted by Crippen LogP contribution is 2.29. The van der Waals surface area contributed by atoms with Crippen molar-refractivity contribution >= 4 is 23.6 Å². The van der Waals surface area contributed by atoms with Gasteiger partial charge in [0.05, 0.1) is 7.11 Å². The Hall–Kier alpha value is -1.99. The second-order valence-electron chi connectivity index (χ2n) is 9.56. The molecule has 178 valence electrons. The number of carbonyl (C=O) groups excluding carboxylic acids is 2. The minimum absolute atomic E-state index is 0.170. The molecule has 7 nitrogen and oxygen atoms in total. The lowest BCUT2D eigenvalue weighted by Crippen LogP contribution is -2.64. The van der Waals surface area contributed by atoms with Crippen LogP contribution in [0, 0.1) is 0 Å². The van der Waals surface area contributed by atoms with Crippen molar-refractivity contribution in [3.05, 3.63) is 28.3 Å². The average Bonchev–Trinajstić information content (AvgIpc) is 2.70. The zero-order chi connectivity index (χ0) is 23.5. The van der Waals surface area contributed by atoms with Gasteiger partial charge in [-0.05, 0) is 50.8 Å². The number of amides is 2. The van der Waals surface area contributed by atoms with Gasteiger partial charge in [-0.1, -0.05) is 24.6 Å². The van der Waals surface area contributed by atoms with Crippen LogP contribution in [0.2, 0.25) is 5.02 Å². The number of carbonyl (C=O) groups is 2. The molecule has 1 aromatic rings. The van der Waals surface area contributed by atoms with E-state index in [0.717, 1.165) is 49.5 Å². The Morgan fingerprint density at radius 2 is 1.72 bits per heavy atom. The number of hydrogen-bond donors (Lipinski definition) is 0. The number of methoxy groups -OCH3 is 1. The van der Waals surface area contributed by atoms with Crippen LogP contribution in [0.25, 0.3) is 0 Å². The summed E-state index contributed by atoms with van der Waals surface area (Å²) in [6, 6.07) is 4.25. The minimum Gasteiger partial charge on any atom is -0.496 e. The molecule has 0 atom stereocenters. The summed E-state index contributed by atoms with van der Waals surface area (Å²) in [5.41, 5.74) is 1.63. The van der Waals surface area contributed by atoms with Crippen LogP contribution in [0.3, 0.4) is 0 Å². The van der Waals surface area contributed by atoms with E-state index >= 15 is 0 Å². The number of hydrogen-bond acceptors (Lipinski definition) is 5. The highest BCUT2D eigenvalue weighted by molar-refractivity contribution is 6.31. The van der Waals surface area contributed by atoms with Crippen LogP contribution < -0.4 is 4.74 Å². The molecule has 3 rings (SSSR count). The Morgan fingerprint density at radius 3 is 2.28 bits per heavy atom. The normalized spacial score (nSPS) is 17.8. The van der Waals surface area contributed by atoms with Gasteiger partial charge in [0.25, 0.3) is 0 Å². The fourth-order valence-corrected chi connectivity index (χ4v) is 4.49. The maximum atomic E-state index is 12.8. The van der Waals surface area contributed by atoms with Crippen molar-refractivity contribution in [1.82, 2.24) is 14.7 Å². The standard InChI is InChI=1S/C24H36ClN3O4/c1-6-17-13-18(21(31-5)14-20(17)25)7-8-22(29)27-11-9-26(10-12-27)19-15-28(16-19)23(30)32-24(2,3)4/h13-14,19H,6-12,15-16H2,1-5H3. The van der Waals surface area contributed by atoms with Gasteiger partial charge in [-0.25, -0.2) is 4.79 Å². The summed E-state index contributed by atoms with van der Waals surface area (Å²) >= 11 is 6.29. The summed E-state index contributed by atoms with van der Waals surface area (Å²) in [6.45, 7) is 12.2. The molecule has 0 N–H and O–H groups in total. The van der Waals surface area contributed by atoms with Crippen LogP contribution in [0.15, 0.2) is 12.1 Å². The van der Waals surface area contributed by atoms with E-state index in [1.165, 1.54) is 0 Å². The molecule has 0 aliphatic carbocycles. The van der Waals surface area contributed by atoms with Crippen molar-refractivity contribution in [3.8, 4) is 5.75 Å². The fraction of sp³-hybridized carbons (Fsp3) is 0.667. The van der Waals surface area contributed by atoms with Gasteiger partial charge in [-0.15, -0.1) is 0 Å². The number of aryl methyl sites for hydroxylation is 2. The third kappa shape index (κ3) is 6.07. The van der Waals surface area contributed by atoms with E-state index in [1.54, 1.807) is 12.0 Å².